The molecule has 2 amide bonds. The third kappa shape index (κ3) is 4.40. The molecule has 0 saturated carbocycles. The van der Waals surface area contributed by atoms with Crippen molar-refractivity contribution in [2.24, 2.45) is 0 Å². The molecule has 1 aliphatic rings. The van der Waals surface area contributed by atoms with E-state index in [1.165, 1.54) is 6.26 Å². The Morgan fingerprint density at radius 1 is 1.27 bits per heavy atom. The summed E-state index contributed by atoms with van der Waals surface area (Å²) >= 11 is 1.63. The van der Waals surface area contributed by atoms with Crippen LogP contribution in [0.5, 0.6) is 5.75 Å². The number of amides is 2. The van der Waals surface area contributed by atoms with Crippen molar-refractivity contribution >= 4 is 23.6 Å². The number of ether oxygens (including phenoxy) is 1. The normalized spacial score (nSPS) is 16.9. The molecule has 2 heterocycles. The van der Waals surface area contributed by atoms with E-state index in [1.807, 2.05) is 30.5 Å². The van der Waals surface area contributed by atoms with Gasteiger partial charge in [-0.1, -0.05) is 18.2 Å². The second kappa shape index (κ2) is 8.80. The van der Waals surface area contributed by atoms with Crippen molar-refractivity contribution in [1.82, 2.24) is 10.6 Å². The maximum atomic E-state index is 12.8. The van der Waals surface area contributed by atoms with Gasteiger partial charge in [0.05, 0.1) is 18.9 Å². The van der Waals surface area contributed by atoms with Crippen molar-refractivity contribution in [3.05, 3.63) is 54.0 Å². The number of rotatable bonds is 7. The zero-order valence-corrected chi connectivity index (χ0v) is 15.4. The second-order valence-electron chi connectivity index (χ2n) is 6.02. The number of carbonyl (C=O) groups is 2. The van der Waals surface area contributed by atoms with Crippen LogP contribution in [0.1, 0.15) is 35.0 Å². The number of furan rings is 1. The summed E-state index contributed by atoms with van der Waals surface area (Å²) < 4.78 is 10.7. The van der Waals surface area contributed by atoms with Crippen molar-refractivity contribution in [3.63, 3.8) is 0 Å². The Hall–Kier alpha value is -2.41. The number of carbonyl (C=O) groups excluding carboxylic acids is 2. The predicted octanol–water partition coefficient (Wildman–Crippen LogP) is 2.77. The number of hydrogen-bond donors (Lipinski definition) is 2. The van der Waals surface area contributed by atoms with E-state index in [9.17, 15) is 9.59 Å². The van der Waals surface area contributed by atoms with Crippen LogP contribution in [0, 0.1) is 0 Å². The highest BCUT2D eigenvalue weighted by molar-refractivity contribution is 7.98. The molecule has 138 valence electrons. The summed E-state index contributed by atoms with van der Waals surface area (Å²) in [6, 6.07) is 10.2. The van der Waals surface area contributed by atoms with Crippen molar-refractivity contribution in [2.45, 2.75) is 24.9 Å². The average Bonchev–Trinajstić information content (AvgIpc) is 3.20. The van der Waals surface area contributed by atoms with E-state index in [0.717, 1.165) is 17.1 Å². The summed E-state index contributed by atoms with van der Waals surface area (Å²) in [6.07, 6.45) is 4.65. The van der Waals surface area contributed by atoms with Crippen LogP contribution in [0.2, 0.25) is 0 Å². The lowest BCUT2D eigenvalue weighted by atomic mass is 10.00. The summed E-state index contributed by atoms with van der Waals surface area (Å²) in [5.74, 6) is 1.18. The molecular weight excluding hydrogens is 352 g/mol. The first-order valence-corrected chi connectivity index (χ1v) is 9.94. The molecule has 2 aromatic rings. The standard InChI is InChI=1S/C19H22N2O4S/c1-26-12-9-15(21-19(23)17-7-4-10-24-17)18(22)20-14-8-11-25-16-6-3-2-5-13(14)16/h2-7,10,14-15H,8-9,11-12H2,1H3,(H,20,22)(H,21,23)/t14-,15+/m0/s1. The Kier molecular flexibility index (Phi) is 6.22. The molecule has 1 aromatic heterocycles. The summed E-state index contributed by atoms with van der Waals surface area (Å²) in [5, 5.41) is 5.84. The molecule has 3 rings (SSSR count). The fraction of sp³-hybridized carbons (Fsp3) is 0.368. The number of thioether (sulfide) groups is 1. The minimum atomic E-state index is -0.616. The van der Waals surface area contributed by atoms with Crippen LogP contribution in [0.15, 0.2) is 47.1 Å². The molecule has 6 nitrogen and oxygen atoms in total. The molecule has 0 aliphatic carbocycles. The molecule has 0 spiro atoms. The quantitative estimate of drug-likeness (QED) is 0.779. The predicted molar refractivity (Wildman–Crippen MR) is 100 cm³/mol. The number of para-hydroxylation sites is 1. The van der Waals surface area contributed by atoms with Gasteiger partial charge in [0.15, 0.2) is 5.76 Å². The van der Waals surface area contributed by atoms with Crippen LogP contribution in [0.25, 0.3) is 0 Å². The topological polar surface area (TPSA) is 80.6 Å². The van der Waals surface area contributed by atoms with Gasteiger partial charge < -0.3 is 19.8 Å². The SMILES string of the molecule is CSCC[C@@H](NC(=O)c1ccco1)C(=O)N[C@H]1CCOc2ccccc21. The summed E-state index contributed by atoms with van der Waals surface area (Å²) in [7, 11) is 0. The lowest BCUT2D eigenvalue weighted by Gasteiger charge is -2.28. The first-order chi connectivity index (χ1) is 12.7. The maximum Gasteiger partial charge on any atom is 0.287 e. The molecule has 0 bridgehead atoms. The van der Waals surface area contributed by atoms with Crippen molar-refractivity contribution in [3.8, 4) is 5.75 Å². The lowest BCUT2D eigenvalue weighted by Crippen LogP contribution is -2.48. The van der Waals surface area contributed by atoms with E-state index in [0.29, 0.717) is 19.4 Å². The Balaban J connectivity index is 1.69. The summed E-state index contributed by atoms with van der Waals surface area (Å²) in [6.45, 7) is 0.552. The van der Waals surface area contributed by atoms with E-state index in [-0.39, 0.29) is 23.6 Å². The van der Waals surface area contributed by atoms with Crippen molar-refractivity contribution in [2.75, 3.05) is 18.6 Å². The van der Waals surface area contributed by atoms with Crippen LogP contribution in [0.3, 0.4) is 0 Å². The molecule has 1 aliphatic heterocycles. The largest absolute Gasteiger partial charge is 0.493 e. The van der Waals surface area contributed by atoms with Gasteiger partial charge in [0, 0.05) is 12.0 Å². The number of benzene rings is 1. The Labute approximate surface area is 156 Å². The Bertz CT molecular complexity index is 748. The van der Waals surface area contributed by atoms with Crippen LogP contribution in [0.4, 0.5) is 0 Å². The highest BCUT2D eigenvalue weighted by Gasteiger charge is 2.27. The molecule has 26 heavy (non-hydrogen) atoms. The van der Waals surface area contributed by atoms with Gasteiger partial charge in [-0.25, -0.2) is 0 Å². The summed E-state index contributed by atoms with van der Waals surface area (Å²) in [4.78, 5) is 25.1. The Morgan fingerprint density at radius 3 is 2.88 bits per heavy atom. The zero-order valence-electron chi connectivity index (χ0n) is 14.6. The molecule has 7 heteroatoms. The molecule has 2 N–H and O–H groups in total. The van der Waals surface area contributed by atoms with Crippen LogP contribution in [-0.2, 0) is 4.79 Å². The van der Waals surface area contributed by atoms with E-state index in [1.54, 1.807) is 23.9 Å². The van der Waals surface area contributed by atoms with Gasteiger partial charge in [-0.2, -0.15) is 11.8 Å². The minimum absolute atomic E-state index is 0.121. The zero-order chi connectivity index (χ0) is 18.4. The fourth-order valence-corrected chi connectivity index (χ4v) is 3.38. The van der Waals surface area contributed by atoms with E-state index in [4.69, 9.17) is 9.15 Å². The molecule has 0 unspecified atom stereocenters. The van der Waals surface area contributed by atoms with Crippen molar-refractivity contribution in [1.29, 1.82) is 0 Å². The number of nitrogens with one attached hydrogen (secondary N) is 2. The molecule has 0 saturated heterocycles. The second-order valence-corrected chi connectivity index (χ2v) is 7.01. The van der Waals surface area contributed by atoms with Crippen LogP contribution < -0.4 is 15.4 Å². The van der Waals surface area contributed by atoms with Gasteiger partial charge in [0.1, 0.15) is 11.8 Å². The number of hydrogen-bond acceptors (Lipinski definition) is 5. The summed E-state index contributed by atoms with van der Waals surface area (Å²) in [5.41, 5.74) is 0.966. The fourth-order valence-electron chi connectivity index (χ4n) is 2.91. The lowest BCUT2D eigenvalue weighted by molar-refractivity contribution is -0.124. The third-order valence-corrected chi connectivity index (χ3v) is 4.90. The first kappa shape index (κ1) is 18.4. The minimum Gasteiger partial charge on any atom is -0.493 e. The molecule has 2 atom stereocenters. The smallest absolute Gasteiger partial charge is 0.287 e. The van der Waals surface area contributed by atoms with E-state index in [2.05, 4.69) is 10.6 Å². The first-order valence-electron chi connectivity index (χ1n) is 8.54. The molecular formula is C19H22N2O4S. The van der Waals surface area contributed by atoms with Gasteiger partial charge in [0.2, 0.25) is 5.91 Å². The maximum absolute atomic E-state index is 12.8. The average molecular weight is 374 g/mol. The van der Waals surface area contributed by atoms with Gasteiger partial charge in [-0.05, 0) is 36.6 Å². The highest BCUT2D eigenvalue weighted by atomic mass is 32.2. The number of fused-ring (bicyclic) bond motifs is 1. The Morgan fingerprint density at radius 2 is 2.12 bits per heavy atom. The monoisotopic (exact) mass is 374 g/mol. The third-order valence-electron chi connectivity index (χ3n) is 4.25. The highest BCUT2D eigenvalue weighted by Crippen LogP contribution is 2.31. The van der Waals surface area contributed by atoms with Gasteiger partial charge in [-0.15, -0.1) is 0 Å². The van der Waals surface area contributed by atoms with E-state index >= 15 is 0 Å². The van der Waals surface area contributed by atoms with E-state index < -0.39 is 6.04 Å². The van der Waals surface area contributed by atoms with Crippen molar-refractivity contribution < 1.29 is 18.7 Å². The molecule has 0 fully saturated rings. The van der Waals surface area contributed by atoms with Crippen LogP contribution in [-0.4, -0.2) is 36.5 Å². The van der Waals surface area contributed by atoms with Gasteiger partial charge in [0.25, 0.3) is 5.91 Å². The molecule has 1 aromatic carbocycles. The van der Waals surface area contributed by atoms with Crippen LogP contribution >= 0.6 is 11.8 Å². The van der Waals surface area contributed by atoms with Gasteiger partial charge in [-0.3, -0.25) is 9.59 Å². The van der Waals surface area contributed by atoms with Gasteiger partial charge >= 0.3 is 0 Å². The molecule has 0 radical (unpaired) electrons.